The van der Waals surface area contributed by atoms with Crippen LogP contribution in [0.5, 0.6) is 0 Å². The number of hydrogen-bond acceptors (Lipinski definition) is 6. The summed E-state index contributed by atoms with van der Waals surface area (Å²) in [6.07, 6.45) is 4.27. The summed E-state index contributed by atoms with van der Waals surface area (Å²) < 4.78 is 17.0. The molecule has 4 heterocycles. The molecule has 0 unspecified atom stereocenters. The van der Waals surface area contributed by atoms with Gasteiger partial charge in [0.05, 0.1) is 24.1 Å². The van der Waals surface area contributed by atoms with E-state index in [2.05, 4.69) is 5.10 Å². The number of rotatable bonds is 3. The SMILES string of the molecule is Cc1occc1-c1nn(C2CCN(C(=O)c3ccco3)CC2)c(=O)o1. The molecule has 1 aliphatic rings. The second-order valence-corrected chi connectivity index (χ2v) is 6.01. The third kappa shape index (κ3) is 2.79. The lowest BCUT2D eigenvalue weighted by atomic mass is 10.1. The smallest absolute Gasteiger partial charge is 0.437 e. The number of likely N-dealkylation sites (tertiary alicyclic amines) is 1. The molecule has 0 atom stereocenters. The first kappa shape index (κ1) is 15.5. The molecule has 8 heteroatoms. The number of piperidine rings is 1. The summed E-state index contributed by atoms with van der Waals surface area (Å²) in [4.78, 5) is 26.2. The van der Waals surface area contributed by atoms with Crippen molar-refractivity contribution in [3.05, 3.63) is 52.8 Å². The van der Waals surface area contributed by atoms with Crippen LogP contribution in [0.15, 0.2) is 48.8 Å². The summed E-state index contributed by atoms with van der Waals surface area (Å²) in [7, 11) is 0. The predicted octanol–water partition coefficient (Wildman–Crippen LogP) is 2.48. The van der Waals surface area contributed by atoms with Gasteiger partial charge in [0.15, 0.2) is 5.76 Å². The minimum absolute atomic E-state index is 0.0992. The van der Waals surface area contributed by atoms with Crippen LogP contribution in [0, 0.1) is 6.92 Å². The molecule has 0 aliphatic carbocycles. The van der Waals surface area contributed by atoms with Crippen LogP contribution in [0.2, 0.25) is 0 Å². The zero-order valence-electron chi connectivity index (χ0n) is 13.7. The standard InChI is InChI=1S/C17H17N3O5/c1-11-13(6-10-23-11)15-18-20(17(22)25-15)12-4-7-19(8-5-12)16(21)14-3-2-9-24-14/h2-3,6,9-10,12H,4-5,7-8H2,1H3. The van der Waals surface area contributed by atoms with Crippen LogP contribution in [-0.4, -0.2) is 33.7 Å². The van der Waals surface area contributed by atoms with Gasteiger partial charge in [0, 0.05) is 13.1 Å². The van der Waals surface area contributed by atoms with Crippen molar-refractivity contribution in [3.8, 4) is 11.5 Å². The minimum Gasteiger partial charge on any atom is -0.469 e. The topological polar surface area (TPSA) is 94.6 Å². The van der Waals surface area contributed by atoms with Crippen LogP contribution in [-0.2, 0) is 0 Å². The molecular weight excluding hydrogens is 326 g/mol. The van der Waals surface area contributed by atoms with Crippen LogP contribution >= 0.6 is 0 Å². The van der Waals surface area contributed by atoms with Crippen molar-refractivity contribution in [1.29, 1.82) is 0 Å². The Labute approximate surface area is 142 Å². The van der Waals surface area contributed by atoms with Gasteiger partial charge in [-0.25, -0.2) is 4.79 Å². The Bertz CT molecular complexity index is 926. The maximum atomic E-state index is 12.3. The highest BCUT2D eigenvalue weighted by molar-refractivity contribution is 5.91. The Balaban J connectivity index is 1.48. The summed E-state index contributed by atoms with van der Waals surface area (Å²) in [6.45, 7) is 2.85. The van der Waals surface area contributed by atoms with E-state index in [1.165, 1.54) is 17.2 Å². The zero-order valence-corrected chi connectivity index (χ0v) is 13.7. The highest BCUT2D eigenvalue weighted by atomic mass is 16.4. The summed E-state index contributed by atoms with van der Waals surface area (Å²) in [5, 5.41) is 4.31. The van der Waals surface area contributed by atoms with Gasteiger partial charge in [0.2, 0.25) is 0 Å². The molecule has 0 N–H and O–H groups in total. The quantitative estimate of drug-likeness (QED) is 0.725. The summed E-state index contributed by atoms with van der Waals surface area (Å²) in [5.41, 5.74) is 0.668. The number of hydrogen-bond donors (Lipinski definition) is 0. The molecule has 1 fully saturated rings. The van der Waals surface area contributed by atoms with Crippen molar-refractivity contribution in [1.82, 2.24) is 14.7 Å². The molecule has 0 saturated carbocycles. The fraction of sp³-hybridized carbons (Fsp3) is 0.353. The van der Waals surface area contributed by atoms with Crippen LogP contribution in [0.3, 0.4) is 0 Å². The molecule has 0 spiro atoms. The van der Waals surface area contributed by atoms with Crippen molar-refractivity contribution in [3.63, 3.8) is 0 Å². The second kappa shape index (κ2) is 6.12. The fourth-order valence-corrected chi connectivity index (χ4v) is 3.10. The Morgan fingerprint density at radius 2 is 2.00 bits per heavy atom. The molecule has 8 nitrogen and oxygen atoms in total. The molecule has 1 aliphatic heterocycles. The molecule has 0 aromatic carbocycles. The van der Waals surface area contributed by atoms with Crippen LogP contribution in [0.1, 0.15) is 35.2 Å². The second-order valence-electron chi connectivity index (χ2n) is 6.01. The molecule has 0 bridgehead atoms. The van der Waals surface area contributed by atoms with Crippen molar-refractivity contribution < 1.29 is 18.0 Å². The maximum Gasteiger partial charge on any atom is 0.437 e. The molecule has 1 amide bonds. The third-order valence-corrected chi connectivity index (χ3v) is 4.49. The Hall–Kier alpha value is -3.03. The van der Waals surface area contributed by atoms with E-state index in [1.807, 2.05) is 0 Å². The summed E-state index contributed by atoms with van der Waals surface area (Å²) in [6, 6.07) is 4.96. The maximum absolute atomic E-state index is 12.3. The monoisotopic (exact) mass is 343 g/mol. The molecule has 130 valence electrons. The van der Waals surface area contributed by atoms with Crippen LogP contribution < -0.4 is 5.76 Å². The fourth-order valence-electron chi connectivity index (χ4n) is 3.10. The largest absolute Gasteiger partial charge is 0.469 e. The molecule has 1 saturated heterocycles. The highest BCUT2D eigenvalue weighted by Gasteiger charge is 2.28. The van der Waals surface area contributed by atoms with Gasteiger partial charge in [0.1, 0.15) is 5.76 Å². The first-order valence-electron chi connectivity index (χ1n) is 8.10. The van der Waals surface area contributed by atoms with E-state index in [9.17, 15) is 9.59 Å². The van der Waals surface area contributed by atoms with Gasteiger partial charge < -0.3 is 18.2 Å². The Morgan fingerprint density at radius 1 is 1.20 bits per heavy atom. The van der Waals surface area contributed by atoms with Crippen molar-refractivity contribution in [2.45, 2.75) is 25.8 Å². The minimum atomic E-state index is -0.494. The predicted molar refractivity (Wildman–Crippen MR) is 86.1 cm³/mol. The number of carbonyl (C=O) groups is 1. The molecule has 4 rings (SSSR count). The molecule has 25 heavy (non-hydrogen) atoms. The third-order valence-electron chi connectivity index (χ3n) is 4.49. The first-order valence-corrected chi connectivity index (χ1v) is 8.10. The van der Waals surface area contributed by atoms with Crippen LogP contribution in [0.4, 0.5) is 0 Å². The van der Waals surface area contributed by atoms with E-state index in [-0.39, 0.29) is 17.8 Å². The van der Waals surface area contributed by atoms with E-state index >= 15 is 0 Å². The average molecular weight is 343 g/mol. The zero-order chi connectivity index (χ0) is 17.4. The number of aromatic nitrogens is 2. The van der Waals surface area contributed by atoms with Crippen molar-refractivity contribution >= 4 is 5.91 Å². The Kier molecular flexibility index (Phi) is 3.79. The number of amides is 1. The Morgan fingerprint density at radius 3 is 2.64 bits per heavy atom. The van der Waals surface area contributed by atoms with E-state index in [1.54, 1.807) is 30.0 Å². The number of aryl methyl sites for hydroxylation is 1. The van der Waals surface area contributed by atoms with Crippen molar-refractivity contribution in [2.75, 3.05) is 13.1 Å². The summed E-state index contributed by atoms with van der Waals surface area (Å²) >= 11 is 0. The van der Waals surface area contributed by atoms with Gasteiger partial charge in [0.25, 0.3) is 11.8 Å². The van der Waals surface area contributed by atoms with Gasteiger partial charge in [-0.2, -0.15) is 4.68 Å². The lowest BCUT2D eigenvalue weighted by Crippen LogP contribution is -2.40. The van der Waals surface area contributed by atoms with Gasteiger partial charge >= 0.3 is 5.76 Å². The number of carbonyl (C=O) groups excluding carboxylic acids is 1. The van der Waals surface area contributed by atoms with E-state index in [4.69, 9.17) is 13.3 Å². The lowest BCUT2D eigenvalue weighted by Gasteiger charge is -2.30. The molecule has 3 aromatic heterocycles. The normalized spacial score (nSPS) is 15.6. The average Bonchev–Trinajstić information content (AvgIpc) is 3.35. The van der Waals surface area contributed by atoms with E-state index in [0.29, 0.717) is 43.0 Å². The van der Waals surface area contributed by atoms with Crippen LogP contribution in [0.25, 0.3) is 11.5 Å². The highest BCUT2D eigenvalue weighted by Crippen LogP contribution is 2.25. The molecule has 0 radical (unpaired) electrons. The molecular formula is C17H17N3O5. The van der Waals surface area contributed by atoms with Crippen molar-refractivity contribution in [2.24, 2.45) is 0 Å². The first-order chi connectivity index (χ1) is 12.1. The van der Waals surface area contributed by atoms with Gasteiger partial charge in [-0.3, -0.25) is 4.79 Å². The molecule has 3 aromatic rings. The summed E-state index contributed by atoms with van der Waals surface area (Å²) in [5.74, 6) is 0.601. The van der Waals surface area contributed by atoms with Gasteiger partial charge in [-0.1, -0.05) is 0 Å². The lowest BCUT2D eigenvalue weighted by molar-refractivity contribution is 0.0655. The van der Waals surface area contributed by atoms with E-state index < -0.39 is 5.76 Å². The van der Waals surface area contributed by atoms with E-state index in [0.717, 1.165) is 0 Å². The number of furan rings is 2. The van der Waals surface area contributed by atoms with Gasteiger partial charge in [-0.15, -0.1) is 5.10 Å². The number of nitrogens with zero attached hydrogens (tertiary/aromatic N) is 3. The van der Waals surface area contributed by atoms with Gasteiger partial charge in [-0.05, 0) is 38.0 Å².